The van der Waals surface area contributed by atoms with Gasteiger partial charge in [0.15, 0.2) is 5.69 Å². The highest BCUT2D eigenvalue weighted by Crippen LogP contribution is 2.35. The molecule has 2 heterocycles. The van der Waals surface area contributed by atoms with Crippen LogP contribution in [0, 0.1) is 18.3 Å². The number of anilines is 2. The van der Waals surface area contributed by atoms with Crippen LogP contribution in [0.1, 0.15) is 33.6 Å². The first-order valence-electron chi connectivity index (χ1n) is 9.25. The third-order valence-electron chi connectivity index (χ3n) is 4.51. The maximum absolute atomic E-state index is 13.2. The van der Waals surface area contributed by atoms with Gasteiger partial charge in [-0.2, -0.15) is 36.1 Å². The van der Waals surface area contributed by atoms with E-state index in [0.29, 0.717) is 18.6 Å². The van der Waals surface area contributed by atoms with Crippen LogP contribution in [0.2, 0.25) is 0 Å². The summed E-state index contributed by atoms with van der Waals surface area (Å²) in [5, 5.41) is 11.5. The lowest BCUT2D eigenvalue weighted by molar-refractivity contribution is -0.137. The summed E-state index contributed by atoms with van der Waals surface area (Å²) in [5.41, 5.74) is -1.85. The lowest BCUT2D eigenvalue weighted by Gasteiger charge is -2.18. The van der Waals surface area contributed by atoms with Crippen LogP contribution in [0.3, 0.4) is 0 Å². The van der Waals surface area contributed by atoms with Gasteiger partial charge in [-0.05, 0) is 31.0 Å². The lowest BCUT2D eigenvalue weighted by atomic mass is 10.0. The second-order valence-electron chi connectivity index (χ2n) is 6.79. The van der Waals surface area contributed by atoms with Crippen LogP contribution in [0.15, 0.2) is 22.8 Å². The number of hydrogen-bond acceptors (Lipinski definition) is 8. The van der Waals surface area contributed by atoms with E-state index in [2.05, 4.69) is 10.3 Å². The Morgan fingerprint density at radius 1 is 1.28 bits per heavy atom. The summed E-state index contributed by atoms with van der Waals surface area (Å²) < 4.78 is 77.5. The summed E-state index contributed by atoms with van der Waals surface area (Å²) in [7, 11) is -4.14. The summed E-state index contributed by atoms with van der Waals surface area (Å²) >= 11 is 0. The minimum Gasteiger partial charge on any atom is -0.431 e. The van der Waals surface area contributed by atoms with Crippen molar-refractivity contribution in [3.8, 4) is 6.07 Å². The molecule has 1 aliphatic rings. The molecule has 0 spiro atoms. The van der Waals surface area contributed by atoms with Crippen molar-refractivity contribution < 1.29 is 35.5 Å². The molecule has 2 aromatic rings. The van der Waals surface area contributed by atoms with Gasteiger partial charge in [-0.25, -0.2) is 4.72 Å². The Balaban J connectivity index is 1.76. The highest BCUT2D eigenvalue weighted by atomic mass is 32.2. The van der Waals surface area contributed by atoms with Crippen molar-refractivity contribution in [2.24, 2.45) is 0 Å². The predicted molar refractivity (Wildman–Crippen MR) is 104 cm³/mol. The molecule has 2 N–H and O–H groups in total. The number of alkyl halides is 3. The largest absolute Gasteiger partial charge is 0.431 e. The van der Waals surface area contributed by atoms with Gasteiger partial charge in [-0.3, -0.25) is 4.79 Å². The number of amides is 1. The van der Waals surface area contributed by atoms with Crippen molar-refractivity contribution in [2.45, 2.75) is 19.5 Å². The van der Waals surface area contributed by atoms with E-state index in [-0.39, 0.29) is 31.4 Å². The maximum atomic E-state index is 13.2. The summed E-state index contributed by atoms with van der Waals surface area (Å²) in [4.78, 5) is 16.1. The Kier molecular flexibility index (Phi) is 6.72. The highest BCUT2D eigenvalue weighted by Gasteiger charge is 2.34. The molecular formula is C18H18F3N5O5S. The lowest BCUT2D eigenvalue weighted by Crippen LogP contribution is -2.44. The fraction of sp³-hybridized carbons (Fsp3) is 0.389. The van der Waals surface area contributed by atoms with E-state index in [4.69, 9.17) is 14.4 Å². The zero-order chi connectivity index (χ0) is 23.5. The van der Waals surface area contributed by atoms with Crippen molar-refractivity contribution in [2.75, 3.05) is 31.6 Å². The van der Waals surface area contributed by atoms with Crippen LogP contribution in [0.5, 0.6) is 0 Å². The number of carbonyl (C=O) groups excluding carboxylic acids is 1. The number of carbonyl (C=O) groups is 1. The first-order valence-corrected chi connectivity index (χ1v) is 10.7. The monoisotopic (exact) mass is 473 g/mol. The molecule has 1 aromatic heterocycles. The third-order valence-corrected chi connectivity index (χ3v) is 6.00. The number of rotatable bonds is 5. The number of aromatic nitrogens is 1. The van der Waals surface area contributed by atoms with E-state index in [1.807, 2.05) is 4.72 Å². The van der Waals surface area contributed by atoms with E-state index in [0.717, 1.165) is 22.7 Å². The van der Waals surface area contributed by atoms with Gasteiger partial charge in [-0.15, -0.1) is 0 Å². The normalized spacial score (nSPS) is 15.6. The van der Waals surface area contributed by atoms with E-state index >= 15 is 0 Å². The van der Waals surface area contributed by atoms with Crippen molar-refractivity contribution in [1.29, 1.82) is 5.26 Å². The summed E-state index contributed by atoms with van der Waals surface area (Å²) in [5.74, 6) is -1.07. The summed E-state index contributed by atoms with van der Waals surface area (Å²) in [6, 6.07) is 2.94. The molecule has 0 unspecified atom stereocenters. The van der Waals surface area contributed by atoms with Gasteiger partial charge in [0.2, 0.25) is 0 Å². The number of hydrogen-bond donors (Lipinski definition) is 2. The molecule has 172 valence electrons. The van der Waals surface area contributed by atoms with Crippen molar-refractivity contribution >= 4 is 27.8 Å². The molecule has 1 fully saturated rings. The van der Waals surface area contributed by atoms with E-state index in [1.54, 1.807) is 0 Å². The fourth-order valence-corrected chi connectivity index (χ4v) is 4.07. The quantitative estimate of drug-likeness (QED) is 0.675. The van der Waals surface area contributed by atoms with Crippen LogP contribution in [0.4, 0.5) is 24.9 Å². The average Bonchev–Trinajstić information content (AvgIpc) is 2.99. The van der Waals surface area contributed by atoms with E-state index < -0.39 is 39.1 Å². The first kappa shape index (κ1) is 23.5. The predicted octanol–water partition coefficient (Wildman–Crippen LogP) is 2.31. The topological polar surface area (TPSA) is 138 Å². The van der Waals surface area contributed by atoms with E-state index in [9.17, 15) is 26.4 Å². The average molecular weight is 473 g/mol. The minimum atomic E-state index is -4.76. The SMILES string of the molecule is Cc1cc(C#N)c(C(F)(F)F)cc1Nc1nc(C(=O)NS(=O)(=O)N2CCCOCC2)co1. The number of nitriles is 1. The van der Waals surface area contributed by atoms with Crippen LogP contribution in [-0.2, 0) is 21.1 Å². The molecule has 1 aliphatic heterocycles. The molecule has 32 heavy (non-hydrogen) atoms. The molecule has 1 amide bonds. The number of nitrogens with one attached hydrogen (secondary N) is 2. The fourth-order valence-electron chi connectivity index (χ4n) is 2.92. The van der Waals surface area contributed by atoms with Gasteiger partial charge < -0.3 is 14.5 Å². The molecule has 0 bridgehead atoms. The molecule has 0 saturated carbocycles. The Labute approximate surface area is 181 Å². The molecule has 0 atom stereocenters. The maximum Gasteiger partial charge on any atom is 0.417 e. The second kappa shape index (κ2) is 9.15. The van der Waals surface area contributed by atoms with Gasteiger partial charge >= 0.3 is 16.4 Å². The number of aryl methyl sites for hydroxylation is 1. The number of nitrogens with zero attached hydrogens (tertiary/aromatic N) is 3. The first-order chi connectivity index (χ1) is 15.0. The van der Waals surface area contributed by atoms with Crippen LogP contribution in [-0.4, -0.2) is 49.9 Å². The van der Waals surface area contributed by atoms with Gasteiger partial charge in [-0.1, -0.05) is 0 Å². The van der Waals surface area contributed by atoms with Gasteiger partial charge in [0.05, 0.1) is 23.8 Å². The Hall–Kier alpha value is -3.15. The molecule has 14 heteroatoms. The van der Waals surface area contributed by atoms with Crippen LogP contribution < -0.4 is 10.0 Å². The van der Waals surface area contributed by atoms with Gasteiger partial charge in [0.25, 0.3) is 11.9 Å². The minimum absolute atomic E-state index is 0.0534. The molecule has 1 saturated heterocycles. The Morgan fingerprint density at radius 3 is 2.72 bits per heavy atom. The number of ether oxygens (including phenoxy) is 1. The molecular weight excluding hydrogens is 455 g/mol. The smallest absolute Gasteiger partial charge is 0.417 e. The van der Waals surface area contributed by atoms with Crippen molar-refractivity contribution in [3.63, 3.8) is 0 Å². The molecule has 0 radical (unpaired) electrons. The number of halogens is 3. The molecule has 3 rings (SSSR count). The Morgan fingerprint density at radius 2 is 2.03 bits per heavy atom. The van der Waals surface area contributed by atoms with Crippen molar-refractivity contribution in [3.05, 3.63) is 40.8 Å². The summed E-state index contributed by atoms with van der Waals surface area (Å²) in [6.45, 7) is 2.32. The molecule has 1 aromatic carbocycles. The zero-order valence-corrected chi connectivity index (χ0v) is 17.5. The summed E-state index contributed by atoms with van der Waals surface area (Å²) in [6.07, 6.45) is -3.43. The standard InChI is InChI=1S/C18H18F3N5O5S/c1-11-7-12(9-22)13(18(19,20)21)8-14(11)23-17-24-15(10-31-17)16(27)25-32(28,29)26-3-2-5-30-6-4-26/h7-8,10H,2-6H2,1H3,(H,23,24)(H,25,27). The van der Waals surface area contributed by atoms with Crippen LogP contribution >= 0.6 is 0 Å². The van der Waals surface area contributed by atoms with Gasteiger partial charge in [0, 0.05) is 25.4 Å². The molecule has 10 nitrogen and oxygen atoms in total. The van der Waals surface area contributed by atoms with Crippen molar-refractivity contribution in [1.82, 2.24) is 14.0 Å². The third kappa shape index (κ3) is 5.36. The van der Waals surface area contributed by atoms with E-state index in [1.165, 1.54) is 13.0 Å². The number of oxazole rings is 1. The second-order valence-corrected chi connectivity index (χ2v) is 8.46. The zero-order valence-electron chi connectivity index (χ0n) is 16.7. The number of benzene rings is 1. The Bertz CT molecular complexity index is 1150. The van der Waals surface area contributed by atoms with Gasteiger partial charge in [0.1, 0.15) is 6.26 Å². The molecule has 0 aliphatic carbocycles. The van der Waals surface area contributed by atoms with Crippen LogP contribution in [0.25, 0.3) is 0 Å². The highest BCUT2D eigenvalue weighted by molar-refractivity contribution is 7.87.